The van der Waals surface area contributed by atoms with Crippen molar-refractivity contribution in [3.05, 3.63) is 18.1 Å². The van der Waals surface area contributed by atoms with Crippen molar-refractivity contribution in [2.24, 2.45) is 0 Å². The molecule has 1 aliphatic heterocycles. The minimum atomic E-state index is -0.107. The van der Waals surface area contributed by atoms with Crippen LogP contribution in [0.15, 0.2) is 12.4 Å². The Hall–Kier alpha value is -1.16. The summed E-state index contributed by atoms with van der Waals surface area (Å²) in [6, 6.07) is 0. The molecule has 1 aromatic rings. The van der Waals surface area contributed by atoms with E-state index in [4.69, 9.17) is 11.6 Å². The fourth-order valence-electron chi connectivity index (χ4n) is 1.47. The molecule has 1 unspecified atom stereocenters. The van der Waals surface area contributed by atoms with Gasteiger partial charge in [-0.05, 0) is 6.92 Å². The molecular formula is C9H10ClN3O. The second-order valence-electron chi connectivity index (χ2n) is 3.32. The highest BCUT2D eigenvalue weighted by molar-refractivity contribution is 6.24. The molecule has 1 aromatic heterocycles. The van der Waals surface area contributed by atoms with Crippen LogP contribution in [0.2, 0.25) is 0 Å². The number of hydrogen-bond donors (Lipinski definition) is 0. The van der Waals surface area contributed by atoms with Crippen LogP contribution in [0, 0.1) is 6.92 Å². The second-order valence-corrected chi connectivity index (χ2v) is 3.94. The fourth-order valence-corrected chi connectivity index (χ4v) is 1.74. The molecule has 4 nitrogen and oxygen atoms in total. The van der Waals surface area contributed by atoms with E-state index in [2.05, 4.69) is 9.97 Å². The lowest BCUT2D eigenvalue weighted by molar-refractivity contribution is -0.117. The summed E-state index contributed by atoms with van der Waals surface area (Å²) < 4.78 is 0. The predicted octanol–water partition coefficient (Wildman–Crippen LogP) is 1.13. The molecule has 2 rings (SSSR count). The zero-order chi connectivity index (χ0) is 10.1. The van der Waals surface area contributed by atoms with Crippen molar-refractivity contribution in [2.45, 2.75) is 18.7 Å². The average molecular weight is 212 g/mol. The van der Waals surface area contributed by atoms with Crippen LogP contribution in [0.1, 0.15) is 12.1 Å². The molecule has 74 valence electrons. The average Bonchev–Trinajstić information content (AvgIpc) is 2.45. The summed E-state index contributed by atoms with van der Waals surface area (Å²) in [6.45, 7) is 2.37. The van der Waals surface area contributed by atoms with E-state index >= 15 is 0 Å². The van der Waals surface area contributed by atoms with Crippen LogP contribution in [0.4, 0.5) is 5.82 Å². The fraction of sp³-hybridized carbons (Fsp3) is 0.444. The van der Waals surface area contributed by atoms with Crippen molar-refractivity contribution in [1.82, 2.24) is 9.97 Å². The molecule has 0 saturated carbocycles. The number of alkyl halides is 1. The van der Waals surface area contributed by atoms with Gasteiger partial charge in [-0.1, -0.05) is 0 Å². The molecule has 1 atom stereocenters. The van der Waals surface area contributed by atoms with Crippen LogP contribution < -0.4 is 4.90 Å². The lowest BCUT2D eigenvalue weighted by Crippen LogP contribution is -2.25. The number of hydrogen-bond acceptors (Lipinski definition) is 3. The van der Waals surface area contributed by atoms with Crippen molar-refractivity contribution in [1.29, 1.82) is 0 Å². The third-order valence-electron chi connectivity index (χ3n) is 2.10. The van der Waals surface area contributed by atoms with Crippen LogP contribution in [-0.2, 0) is 4.79 Å². The highest BCUT2D eigenvalue weighted by Crippen LogP contribution is 2.21. The number of carbonyl (C=O) groups is 1. The van der Waals surface area contributed by atoms with Gasteiger partial charge in [-0.2, -0.15) is 0 Å². The Labute approximate surface area is 86.9 Å². The number of aromatic nitrogens is 2. The Balaban J connectivity index is 2.27. The summed E-state index contributed by atoms with van der Waals surface area (Å²) in [5.74, 6) is 0.614. The van der Waals surface area contributed by atoms with Crippen molar-refractivity contribution in [2.75, 3.05) is 11.4 Å². The molecule has 0 aromatic carbocycles. The lowest BCUT2D eigenvalue weighted by atomic mass is 10.4. The SMILES string of the molecule is Cc1cncc(N2CC(Cl)CC2=O)n1. The van der Waals surface area contributed by atoms with Crippen LogP contribution in [-0.4, -0.2) is 27.8 Å². The number of nitrogens with zero attached hydrogens (tertiary/aromatic N) is 3. The number of rotatable bonds is 1. The summed E-state index contributed by atoms with van der Waals surface area (Å²) in [5, 5.41) is -0.107. The summed E-state index contributed by atoms with van der Waals surface area (Å²) in [7, 11) is 0. The van der Waals surface area contributed by atoms with E-state index in [0.717, 1.165) is 5.69 Å². The molecule has 2 heterocycles. The van der Waals surface area contributed by atoms with Gasteiger partial charge in [0.25, 0.3) is 0 Å². The van der Waals surface area contributed by atoms with E-state index in [1.807, 2.05) is 6.92 Å². The lowest BCUT2D eigenvalue weighted by Gasteiger charge is -2.13. The Morgan fingerprint density at radius 3 is 2.93 bits per heavy atom. The number of amides is 1. The van der Waals surface area contributed by atoms with Gasteiger partial charge < -0.3 is 0 Å². The van der Waals surface area contributed by atoms with Crippen LogP contribution >= 0.6 is 11.6 Å². The highest BCUT2D eigenvalue weighted by atomic mass is 35.5. The molecule has 14 heavy (non-hydrogen) atoms. The number of anilines is 1. The summed E-state index contributed by atoms with van der Waals surface area (Å²) >= 11 is 5.88. The van der Waals surface area contributed by atoms with Crippen LogP contribution in [0.25, 0.3) is 0 Å². The monoisotopic (exact) mass is 211 g/mol. The molecule has 0 radical (unpaired) electrons. The predicted molar refractivity (Wildman–Crippen MR) is 53.4 cm³/mol. The first kappa shape index (κ1) is 9.40. The van der Waals surface area contributed by atoms with E-state index in [0.29, 0.717) is 18.8 Å². The van der Waals surface area contributed by atoms with Crippen LogP contribution in [0.3, 0.4) is 0 Å². The third kappa shape index (κ3) is 1.70. The Kier molecular flexibility index (Phi) is 2.37. The second kappa shape index (κ2) is 3.53. The summed E-state index contributed by atoms with van der Waals surface area (Å²) in [4.78, 5) is 21.3. The minimum Gasteiger partial charge on any atom is -0.294 e. The highest BCUT2D eigenvalue weighted by Gasteiger charge is 2.29. The van der Waals surface area contributed by atoms with E-state index in [1.165, 1.54) is 0 Å². The first-order valence-electron chi connectivity index (χ1n) is 4.40. The maximum atomic E-state index is 11.5. The van der Waals surface area contributed by atoms with Gasteiger partial charge in [0.15, 0.2) is 5.82 Å². The Bertz CT molecular complexity index is 369. The van der Waals surface area contributed by atoms with Gasteiger partial charge >= 0.3 is 0 Å². The van der Waals surface area contributed by atoms with E-state index in [1.54, 1.807) is 17.3 Å². The molecular weight excluding hydrogens is 202 g/mol. The molecule has 5 heteroatoms. The quantitative estimate of drug-likeness (QED) is 0.655. The molecule has 1 amide bonds. The number of carbonyl (C=O) groups excluding carboxylic acids is 1. The maximum absolute atomic E-state index is 11.5. The van der Waals surface area contributed by atoms with Crippen LogP contribution in [0.5, 0.6) is 0 Å². The van der Waals surface area contributed by atoms with Crippen molar-refractivity contribution in [3.8, 4) is 0 Å². The van der Waals surface area contributed by atoms with Gasteiger partial charge in [-0.3, -0.25) is 14.7 Å². The van der Waals surface area contributed by atoms with E-state index < -0.39 is 0 Å². The summed E-state index contributed by atoms with van der Waals surface area (Å²) in [5.41, 5.74) is 0.799. The van der Waals surface area contributed by atoms with Crippen molar-refractivity contribution >= 4 is 23.3 Å². The largest absolute Gasteiger partial charge is 0.294 e. The van der Waals surface area contributed by atoms with Gasteiger partial charge in [-0.15, -0.1) is 11.6 Å². The normalized spacial score (nSPS) is 21.7. The van der Waals surface area contributed by atoms with Crippen molar-refractivity contribution in [3.63, 3.8) is 0 Å². The zero-order valence-corrected chi connectivity index (χ0v) is 8.53. The molecule has 0 bridgehead atoms. The minimum absolute atomic E-state index is 0.0184. The van der Waals surface area contributed by atoms with E-state index in [9.17, 15) is 4.79 Å². The van der Waals surface area contributed by atoms with Gasteiger partial charge in [0.2, 0.25) is 5.91 Å². The topological polar surface area (TPSA) is 46.1 Å². The number of aryl methyl sites for hydroxylation is 1. The number of halogens is 1. The molecule has 0 N–H and O–H groups in total. The molecule has 1 aliphatic rings. The Morgan fingerprint density at radius 2 is 2.36 bits per heavy atom. The standard InChI is InChI=1S/C9H10ClN3O/c1-6-3-11-4-8(12-6)13-5-7(10)2-9(13)14/h3-4,7H,2,5H2,1H3. The van der Waals surface area contributed by atoms with Gasteiger partial charge in [0.1, 0.15) is 0 Å². The van der Waals surface area contributed by atoms with Gasteiger partial charge in [0.05, 0.1) is 17.3 Å². The Morgan fingerprint density at radius 1 is 1.57 bits per heavy atom. The molecule has 0 spiro atoms. The first-order chi connectivity index (χ1) is 6.66. The van der Waals surface area contributed by atoms with Crippen molar-refractivity contribution < 1.29 is 4.79 Å². The smallest absolute Gasteiger partial charge is 0.229 e. The first-order valence-corrected chi connectivity index (χ1v) is 4.83. The van der Waals surface area contributed by atoms with Gasteiger partial charge in [0, 0.05) is 19.2 Å². The maximum Gasteiger partial charge on any atom is 0.229 e. The molecule has 0 aliphatic carbocycles. The third-order valence-corrected chi connectivity index (χ3v) is 2.39. The van der Waals surface area contributed by atoms with E-state index in [-0.39, 0.29) is 11.3 Å². The summed E-state index contributed by atoms with van der Waals surface area (Å²) in [6.07, 6.45) is 3.62. The van der Waals surface area contributed by atoms with Gasteiger partial charge in [-0.25, -0.2) is 4.98 Å². The zero-order valence-electron chi connectivity index (χ0n) is 7.77. The molecule has 1 fully saturated rings. The molecule has 1 saturated heterocycles.